The Morgan fingerprint density at radius 2 is 2.13 bits per heavy atom. The lowest BCUT2D eigenvalue weighted by Crippen LogP contribution is -2.28. The monoisotopic (exact) mass is 411 g/mol. The van der Waals surface area contributed by atoms with E-state index in [0.717, 1.165) is 12.1 Å². The molecule has 0 aromatic heterocycles. The van der Waals surface area contributed by atoms with Gasteiger partial charge in [0.05, 0.1) is 12.5 Å². The van der Waals surface area contributed by atoms with E-state index in [1.807, 2.05) is 6.07 Å². The molecule has 1 fully saturated rings. The van der Waals surface area contributed by atoms with Gasteiger partial charge in [0.2, 0.25) is 5.91 Å². The van der Waals surface area contributed by atoms with Crippen molar-refractivity contribution in [2.75, 3.05) is 5.32 Å². The van der Waals surface area contributed by atoms with Gasteiger partial charge >= 0.3 is 0 Å². The number of carbonyl (C=O) groups excluding carboxylic acids is 1. The van der Waals surface area contributed by atoms with E-state index in [4.69, 9.17) is 4.74 Å². The number of epoxide rings is 1. The van der Waals surface area contributed by atoms with Gasteiger partial charge in [0.1, 0.15) is 35.1 Å². The summed E-state index contributed by atoms with van der Waals surface area (Å²) in [4.78, 5) is 12.7. The number of hydrogen-bond acceptors (Lipinski definition) is 5. The molecule has 1 saturated heterocycles. The van der Waals surface area contributed by atoms with E-state index in [-0.39, 0.29) is 41.5 Å². The number of nitrogens with zero attached hydrogens (tertiary/aromatic N) is 1. The second kappa shape index (κ2) is 7.43. The minimum absolute atomic E-state index is 0.0260. The second-order valence-corrected chi connectivity index (χ2v) is 7.40. The Labute approximate surface area is 171 Å². The number of phenolic OH excluding ortho intramolecular Hbond substituents is 1. The van der Waals surface area contributed by atoms with Crippen molar-refractivity contribution in [1.82, 2.24) is 5.32 Å². The second-order valence-electron chi connectivity index (χ2n) is 7.40. The molecule has 0 bridgehead atoms. The molecule has 8 heteroatoms. The number of amides is 1. The van der Waals surface area contributed by atoms with Crippen LogP contribution in [0.5, 0.6) is 5.75 Å². The van der Waals surface area contributed by atoms with Gasteiger partial charge in [0.15, 0.2) is 6.23 Å². The van der Waals surface area contributed by atoms with E-state index in [2.05, 4.69) is 10.6 Å². The van der Waals surface area contributed by atoms with Gasteiger partial charge in [-0.1, -0.05) is 6.07 Å². The predicted molar refractivity (Wildman–Crippen MR) is 105 cm³/mol. The van der Waals surface area contributed by atoms with Crippen molar-refractivity contribution in [3.05, 3.63) is 64.2 Å². The Morgan fingerprint density at radius 1 is 1.37 bits per heavy atom. The first-order valence-electron chi connectivity index (χ1n) is 9.42. The molecule has 0 spiro atoms. The lowest BCUT2D eigenvalue weighted by atomic mass is 9.92. The Bertz CT molecular complexity index is 1120. The van der Waals surface area contributed by atoms with Gasteiger partial charge in [0.25, 0.3) is 0 Å². The van der Waals surface area contributed by atoms with E-state index in [0.29, 0.717) is 22.4 Å². The van der Waals surface area contributed by atoms with Crippen LogP contribution in [0.25, 0.3) is 5.57 Å². The average Bonchev–Trinajstić information content (AvgIpc) is 3.45. The minimum atomic E-state index is -0.731. The molecule has 0 saturated carbocycles. The van der Waals surface area contributed by atoms with Crippen LogP contribution in [0.4, 0.5) is 14.5 Å². The molecule has 2 aliphatic heterocycles. The van der Waals surface area contributed by atoms with Crippen molar-refractivity contribution in [3.8, 4) is 11.8 Å². The van der Waals surface area contributed by atoms with Crippen LogP contribution >= 0.6 is 0 Å². The fourth-order valence-electron chi connectivity index (χ4n) is 3.86. The first kappa shape index (κ1) is 19.9. The van der Waals surface area contributed by atoms with E-state index < -0.39 is 17.7 Å². The summed E-state index contributed by atoms with van der Waals surface area (Å²) in [6.07, 6.45) is -0.691. The number of benzene rings is 2. The van der Waals surface area contributed by atoms with Crippen LogP contribution in [-0.4, -0.2) is 23.3 Å². The van der Waals surface area contributed by atoms with Crippen molar-refractivity contribution in [2.24, 2.45) is 0 Å². The zero-order valence-electron chi connectivity index (χ0n) is 16.3. The average molecular weight is 411 g/mol. The number of nitrogens with one attached hydrogen (secondary N) is 2. The van der Waals surface area contributed by atoms with Crippen molar-refractivity contribution in [1.29, 1.82) is 5.26 Å². The van der Waals surface area contributed by atoms with Crippen LogP contribution in [0.2, 0.25) is 0 Å². The number of hydrogen-bond donors (Lipinski definition) is 3. The highest BCUT2D eigenvalue weighted by Gasteiger charge is 2.46. The maximum absolute atomic E-state index is 14.0. The zero-order valence-corrected chi connectivity index (χ0v) is 16.3. The van der Waals surface area contributed by atoms with Crippen molar-refractivity contribution >= 4 is 17.2 Å². The third kappa shape index (κ3) is 3.48. The molecule has 4 rings (SSSR count). The van der Waals surface area contributed by atoms with E-state index in [1.54, 1.807) is 19.9 Å². The first-order valence-corrected chi connectivity index (χ1v) is 9.42. The molecule has 2 aliphatic rings. The van der Waals surface area contributed by atoms with Gasteiger partial charge < -0.3 is 20.5 Å². The number of phenols is 1. The summed E-state index contributed by atoms with van der Waals surface area (Å²) in [6.45, 7) is 3.39. The van der Waals surface area contributed by atoms with E-state index in [1.165, 1.54) is 12.1 Å². The molecular formula is C22H19F2N3O3. The van der Waals surface area contributed by atoms with Crippen molar-refractivity contribution in [2.45, 2.75) is 38.6 Å². The van der Waals surface area contributed by atoms with E-state index >= 15 is 0 Å². The Hall–Kier alpha value is -3.44. The van der Waals surface area contributed by atoms with Gasteiger partial charge in [-0.25, -0.2) is 8.78 Å². The Balaban J connectivity index is 1.61. The molecule has 1 amide bonds. The summed E-state index contributed by atoms with van der Waals surface area (Å²) in [6, 6.07) is 7.66. The number of carbonyl (C=O) groups is 1. The van der Waals surface area contributed by atoms with Gasteiger partial charge in [-0.2, -0.15) is 5.26 Å². The third-order valence-electron chi connectivity index (χ3n) is 5.44. The van der Waals surface area contributed by atoms with Crippen LogP contribution in [0, 0.1) is 23.0 Å². The highest BCUT2D eigenvalue weighted by atomic mass is 19.1. The molecule has 2 unspecified atom stereocenters. The van der Waals surface area contributed by atoms with Crippen molar-refractivity contribution in [3.63, 3.8) is 0 Å². The number of halogens is 2. The maximum Gasteiger partial charge on any atom is 0.224 e. The molecule has 0 aliphatic carbocycles. The quantitative estimate of drug-likeness (QED) is 0.526. The summed E-state index contributed by atoms with van der Waals surface area (Å²) < 4.78 is 32.8. The maximum atomic E-state index is 14.0. The fourth-order valence-corrected chi connectivity index (χ4v) is 3.86. The summed E-state index contributed by atoms with van der Waals surface area (Å²) in [5.41, 5.74) is 2.84. The number of anilines is 1. The lowest BCUT2D eigenvalue weighted by Gasteiger charge is -2.17. The number of fused-ring (bicyclic) bond motifs is 2. The number of ether oxygens (including phenoxy) is 1. The molecule has 0 radical (unpaired) electrons. The van der Waals surface area contributed by atoms with Gasteiger partial charge in [0, 0.05) is 22.9 Å². The first-order chi connectivity index (χ1) is 14.3. The topological polar surface area (TPSA) is 97.7 Å². The molecular weight excluding hydrogens is 392 g/mol. The molecule has 3 atom stereocenters. The van der Waals surface area contributed by atoms with Crippen LogP contribution < -0.4 is 10.6 Å². The molecule has 2 aromatic carbocycles. The zero-order chi connectivity index (χ0) is 21.6. The highest BCUT2D eigenvalue weighted by Crippen LogP contribution is 2.45. The molecule has 30 heavy (non-hydrogen) atoms. The molecule has 2 aromatic rings. The van der Waals surface area contributed by atoms with Crippen LogP contribution in [-0.2, 0) is 9.53 Å². The number of nitriles is 1. The van der Waals surface area contributed by atoms with E-state index in [9.17, 15) is 23.9 Å². The molecule has 6 nitrogen and oxygen atoms in total. The van der Waals surface area contributed by atoms with Gasteiger partial charge in [-0.15, -0.1) is 0 Å². The van der Waals surface area contributed by atoms with Gasteiger partial charge in [-0.3, -0.25) is 4.79 Å². The smallest absolute Gasteiger partial charge is 0.224 e. The van der Waals surface area contributed by atoms with Crippen molar-refractivity contribution < 1.29 is 23.4 Å². The SMILES string of the molecule is CC1=C(CC(=O)N[C@@H](C)c2ccc(F)cc2F)C2OC2Nc2ccc(O)c(C#N)c21. The van der Waals surface area contributed by atoms with Gasteiger partial charge in [-0.05, 0) is 43.2 Å². The Kier molecular flexibility index (Phi) is 4.92. The summed E-state index contributed by atoms with van der Waals surface area (Å²) in [5, 5.41) is 25.4. The number of allylic oxidation sites excluding steroid dienone is 1. The minimum Gasteiger partial charge on any atom is -0.507 e. The molecule has 2 heterocycles. The fraction of sp³-hybridized carbons (Fsp3) is 0.273. The largest absolute Gasteiger partial charge is 0.507 e. The predicted octanol–water partition coefficient (Wildman–Crippen LogP) is 3.73. The molecule has 154 valence electrons. The van der Waals surface area contributed by atoms with Crippen LogP contribution in [0.15, 0.2) is 35.9 Å². The summed E-state index contributed by atoms with van der Waals surface area (Å²) in [7, 11) is 0. The standard InChI is InChI=1S/C22H19F2N3O3/c1-10-14(8-19(29)26-11(2)13-4-3-12(23)7-16(13)24)21-22(30-21)27-17-5-6-18(28)15(9-25)20(10)17/h3-7,11,21-22,27-28H,8H2,1-2H3,(H,26,29)/t11-,21?,22?/m0/s1. The number of rotatable bonds is 4. The highest BCUT2D eigenvalue weighted by molar-refractivity contribution is 5.89. The molecule has 3 N–H and O–H groups in total. The normalized spacial score (nSPS) is 20.2. The Morgan fingerprint density at radius 3 is 2.83 bits per heavy atom. The van der Waals surface area contributed by atoms with Crippen LogP contribution in [0.1, 0.15) is 43.0 Å². The number of aromatic hydroxyl groups is 1. The summed E-state index contributed by atoms with van der Waals surface area (Å²) in [5.74, 6) is -1.92. The summed E-state index contributed by atoms with van der Waals surface area (Å²) >= 11 is 0. The lowest BCUT2D eigenvalue weighted by molar-refractivity contribution is -0.121. The third-order valence-corrected chi connectivity index (χ3v) is 5.44. The van der Waals surface area contributed by atoms with Crippen LogP contribution in [0.3, 0.4) is 0 Å².